The van der Waals surface area contributed by atoms with Gasteiger partial charge in [-0.3, -0.25) is 4.79 Å². The highest BCUT2D eigenvalue weighted by atomic mass is 32.1. The van der Waals surface area contributed by atoms with Crippen molar-refractivity contribution in [1.29, 1.82) is 0 Å². The van der Waals surface area contributed by atoms with Gasteiger partial charge in [-0.05, 0) is 25.5 Å². The zero-order chi connectivity index (χ0) is 12.8. The van der Waals surface area contributed by atoms with Crippen LogP contribution < -0.4 is 16.4 Å². The van der Waals surface area contributed by atoms with Crippen LogP contribution in [0.3, 0.4) is 0 Å². The van der Waals surface area contributed by atoms with E-state index in [9.17, 15) is 9.59 Å². The fraction of sp³-hybridized carbons (Fsp3) is 0.455. The number of rotatable bonds is 5. The molecule has 17 heavy (non-hydrogen) atoms. The van der Waals surface area contributed by atoms with E-state index >= 15 is 0 Å². The molecule has 0 saturated carbocycles. The Kier molecular flexibility index (Phi) is 4.96. The van der Waals surface area contributed by atoms with E-state index < -0.39 is 12.1 Å². The Morgan fingerprint density at radius 1 is 1.41 bits per heavy atom. The molecule has 1 aromatic heterocycles. The first-order chi connectivity index (χ1) is 8.02. The molecule has 0 radical (unpaired) electrons. The number of thiophene rings is 1. The van der Waals surface area contributed by atoms with E-state index in [1.807, 2.05) is 6.07 Å². The maximum Gasteiger partial charge on any atom is 0.312 e. The maximum atomic E-state index is 11.6. The predicted octanol–water partition coefficient (Wildman–Crippen LogP) is 0.983. The van der Waals surface area contributed by atoms with Crippen molar-refractivity contribution in [3.8, 4) is 0 Å². The topological polar surface area (TPSA) is 84.2 Å². The molecule has 0 aliphatic heterocycles. The van der Waals surface area contributed by atoms with Crippen LogP contribution in [0.4, 0.5) is 4.79 Å². The molecule has 0 unspecified atom stereocenters. The lowest BCUT2D eigenvalue weighted by Gasteiger charge is -2.11. The van der Waals surface area contributed by atoms with Crippen molar-refractivity contribution >= 4 is 23.3 Å². The zero-order valence-electron chi connectivity index (χ0n) is 9.95. The monoisotopic (exact) mass is 255 g/mol. The Labute approximate surface area is 104 Å². The van der Waals surface area contributed by atoms with Gasteiger partial charge in [0.15, 0.2) is 0 Å². The number of urea groups is 1. The van der Waals surface area contributed by atoms with E-state index in [1.165, 1.54) is 4.88 Å². The Morgan fingerprint density at radius 3 is 2.59 bits per heavy atom. The summed E-state index contributed by atoms with van der Waals surface area (Å²) < 4.78 is 0. The second-order valence-corrected chi connectivity index (χ2v) is 4.92. The molecule has 5 nitrogen and oxygen atoms in total. The van der Waals surface area contributed by atoms with Gasteiger partial charge in [0.25, 0.3) is 0 Å². The lowest BCUT2D eigenvalue weighted by Crippen LogP contribution is -2.46. The van der Waals surface area contributed by atoms with E-state index in [1.54, 1.807) is 18.3 Å². The number of aryl methyl sites for hydroxylation is 1. The quantitative estimate of drug-likeness (QED) is 0.733. The molecule has 94 valence electrons. The van der Waals surface area contributed by atoms with Crippen molar-refractivity contribution in [2.75, 3.05) is 0 Å². The third kappa shape index (κ3) is 4.44. The fourth-order valence-electron chi connectivity index (χ4n) is 1.31. The molecule has 1 aromatic rings. The summed E-state index contributed by atoms with van der Waals surface area (Å²) in [5, 5.41) is 5.07. The first-order valence-electron chi connectivity index (χ1n) is 5.44. The van der Waals surface area contributed by atoms with Crippen LogP contribution >= 0.6 is 11.3 Å². The Balaban J connectivity index is 2.39. The van der Waals surface area contributed by atoms with Crippen LogP contribution in [0, 0.1) is 0 Å². The molecule has 0 spiro atoms. The van der Waals surface area contributed by atoms with Gasteiger partial charge in [0.2, 0.25) is 5.91 Å². The van der Waals surface area contributed by atoms with Crippen LogP contribution in [-0.2, 0) is 17.8 Å². The van der Waals surface area contributed by atoms with Crippen LogP contribution in [0.25, 0.3) is 0 Å². The van der Waals surface area contributed by atoms with Gasteiger partial charge in [0.1, 0.15) is 6.04 Å². The number of carbonyl (C=O) groups excluding carboxylic acids is 2. The van der Waals surface area contributed by atoms with Crippen LogP contribution in [-0.4, -0.2) is 18.0 Å². The number of hydrogen-bond acceptors (Lipinski definition) is 3. The molecule has 0 bridgehead atoms. The highest BCUT2D eigenvalue weighted by molar-refractivity contribution is 7.11. The number of carbonyl (C=O) groups is 2. The summed E-state index contributed by atoms with van der Waals surface area (Å²) in [6.07, 6.45) is 0.998. The average Bonchev–Trinajstić information content (AvgIpc) is 2.72. The molecule has 6 heteroatoms. The third-order valence-corrected chi connectivity index (χ3v) is 3.48. The number of nitrogens with one attached hydrogen (secondary N) is 2. The largest absolute Gasteiger partial charge is 0.352 e. The number of nitrogens with two attached hydrogens (primary N) is 1. The van der Waals surface area contributed by atoms with Crippen molar-refractivity contribution in [2.24, 2.45) is 5.73 Å². The molecular weight excluding hydrogens is 238 g/mol. The Morgan fingerprint density at radius 2 is 2.06 bits per heavy atom. The van der Waals surface area contributed by atoms with Crippen LogP contribution in [0.5, 0.6) is 0 Å². The standard InChI is InChI=1S/C11H17N3O2S/c1-3-8-4-5-9(17-8)6-13-10(15)7(2)14-11(12)16/h4-5,7H,3,6H2,1-2H3,(H,13,15)(H3,12,14,16)/t7-/m0/s1. The van der Waals surface area contributed by atoms with E-state index in [4.69, 9.17) is 5.73 Å². The van der Waals surface area contributed by atoms with E-state index in [-0.39, 0.29) is 5.91 Å². The molecule has 4 N–H and O–H groups in total. The summed E-state index contributed by atoms with van der Waals surface area (Å²) in [5.74, 6) is -0.241. The summed E-state index contributed by atoms with van der Waals surface area (Å²) in [4.78, 5) is 24.5. The van der Waals surface area contributed by atoms with Gasteiger partial charge in [-0.25, -0.2) is 4.79 Å². The molecule has 0 saturated heterocycles. The normalized spacial score (nSPS) is 11.9. The highest BCUT2D eigenvalue weighted by Crippen LogP contribution is 2.16. The van der Waals surface area contributed by atoms with Gasteiger partial charge in [-0.15, -0.1) is 11.3 Å². The van der Waals surface area contributed by atoms with Gasteiger partial charge in [0.05, 0.1) is 6.54 Å². The van der Waals surface area contributed by atoms with Crippen molar-refractivity contribution in [1.82, 2.24) is 10.6 Å². The van der Waals surface area contributed by atoms with E-state index in [0.29, 0.717) is 6.54 Å². The first-order valence-corrected chi connectivity index (χ1v) is 6.25. The molecule has 1 rings (SSSR count). The molecule has 3 amide bonds. The summed E-state index contributed by atoms with van der Waals surface area (Å²) in [6, 6.07) is 2.74. The predicted molar refractivity (Wildman–Crippen MR) is 67.7 cm³/mol. The Bertz CT molecular complexity index is 403. The maximum absolute atomic E-state index is 11.6. The second-order valence-electron chi connectivity index (χ2n) is 3.67. The van der Waals surface area contributed by atoms with Crippen molar-refractivity contribution in [2.45, 2.75) is 32.9 Å². The summed E-state index contributed by atoms with van der Waals surface area (Å²) in [7, 11) is 0. The van der Waals surface area contributed by atoms with Gasteiger partial charge < -0.3 is 16.4 Å². The van der Waals surface area contributed by atoms with Gasteiger partial charge in [-0.2, -0.15) is 0 Å². The van der Waals surface area contributed by atoms with Crippen LogP contribution in [0.2, 0.25) is 0 Å². The van der Waals surface area contributed by atoms with Gasteiger partial charge in [0, 0.05) is 9.75 Å². The highest BCUT2D eigenvalue weighted by Gasteiger charge is 2.13. The number of hydrogen-bond donors (Lipinski definition) is 3. The van der Waals surface area contributed by atoms with E-state index in [2.05, 4.69) is 23.6 Å². The summed E-state index contributed by atoms with van der Waals surface area (Å²) in [5.41, 5.74) is 4.93. The SMILES string of the molecule is CCc1ccc(CNC(=O)[C@H](C)NC(N)=O)s1. The Hall–Kier alpha value is -1.56. The van der Waals surface area contributed by atoms with Crippen molar-refractivity contribution in [3.05, 3.63) is 21.9 Å². The molecular formula is C11H17N3O2S. The first kappa shape index (κ1) is 13.5. The van der Waals surface area contributed by atoms with Crippen LogP contribution in [0.15, 0.2) is 12.1 Å². The van der Waals surface area contributed by atoms with Gasteiger partial charge in [-0.1, -0.05) is 6.92 Å². The zero-order valence-corrected chi connectivity index (χ0v) is 10.8. The van der Waals surface area contributed by atoms with Gasteiger partial charge >= 0.3 is 6.03 Å². The molecule has 0 fully saturated rings. The van der Waals surface area contributed by atoms with Crippen molar-refractivity contribution < 1.29 is 9.59 Å². The van der Waals surface area contributed by atoms with Crippen LogP contribution in [0.1, 0.15) is 23.6 Å². The number of amides is 3. The fourth-order valence-corrected chi connectivity index (χ4v) is 2.21. The molecule has 0 aliphatic rings. The molecule has 0 aliphatic carbocycles. The smallest absolute Gasteiger partial charge is 0.312 e. The molecule has 1 atom stereocenters. The number of primary amides is 1. The lowest BCUT2D eigenvalue weighted by atomic mass is 10.3. The minimum Gasteiger partial charge on any atom is -0.352 e. The molecule has 1 heterocycles. The second kappa shape index (κ2) is 6.24. The summed E-state index contributed by atoms with van der Waals surface area (Å²) >= 11 is 1.67. The summed E-state index contributed by atoms with van der Waals surface area (Å²) in [6.45, 7) is 4.16. The van der Waals surface area contributed by atoms with Crippen molar-refractivity contribution in [3.63, 3.8) is 0 Å². The lowest BCUT2D eigenvalue weighted by molar-refractivity contribution is -0.122. The minimum absolute atomic E-state index is 0.241. The minimum atomic E-state index is -0.697. The molecule has 0 aromatic carbocycles. The average molecular weight is 255 g/mol. The van der Waals surface area contributed by atoms with E-state index in [0.717, 1.165) is 11.3 Å². The third-order valence-electron chi connectivity index (χ3n) is 2.25.